The van der Waals surface area contributed by atoms with E-state index in [1.807, 2.05) is 0 Å². The van der Waals surface area contributed by atoms with Crippen molar-refractivity contribution < 1.29 is 4.74 Å². The summed E-state index contributed by atoms with van der Waals surface area (Å²) in [6, 6.07) is 9.52. The summed E-state index contributed by atoms with van der Waals surface area (Å²) in [7, 11) is 0. The van der Waals surface area contributed by atoms with E-state index in [4.69, 9.17) is 4.74 Å². The highest BCUT2D eigenvalue weighted by Gasteiger charge is 2.20. The Hall–Kier alpha value is -0.380. The fraction of sp³-hybridized carbons (Fsp3) is 0.571. The van der Waals surface area contributed by atoms with Gasteiger partial charge in [-0.25, -0.2) is 0 Å². The van der Waals surface area contributed by atoms with Gasteiger partial charge in [0.25, 0.3) is 0 Å². The molecule has 0 radical (unpaired) electrons. The van der Waals surface area contributed by atoms with Crippen molar-refractivity contribution >= 4 is 15.9 Å². The first-order valence-electron chi connectivity index (χ1n) is 6.28. The Balaban J connectivity index is 1.91. The van der Waals surface area contributed by atoms with Crippen LogP contribution in [-0.2, 0) is 4.74 Å². The second-order valence-corrected chi connectivity index (χ2v) is 5.76. The molecule has 3 heteroatoms. The van der Waals surface area contributed by atoms with E-state index >= 15 is 0 Å². The molecule has 0 aromatic heterocycles. The summed E-state index contributed by atoms with van der Waals surface area (Å²) in [6.07, 6.45) is 2.62. The van der Waals surface area contributed by atoms with Gasteiger partial charge in [-0.1, -0.05) is 28.1 Å². The van der Waals surface area contributed by atoms with Crippen LogP contribution in [0.25, 0.3) is 0 Å². The topological polar surface area (TPSA) is 21.3 Å². The second kappa shape index (κ2) is 5.98. The van der Waals surface area contributed by atoms with Crippen LogP contribution in [0.1, 0.15) is 38.3 Å². The van der Waals surface area contributed by atoms with Gasteiger partial charge in [0.05, 0.1) is 6.10 Å². The highest BCUT2D eigenvalue weighted by molar-refractivity contribution is 9.10. The number of benzene rings is 1. The molecule has 0 saturated carbocycles. The van der Waals surface area contributed by atoms with E-state index in [2.05, 4.69) is 59.4 Å². The van der Waals surface area contributed by atoms with Gasteiger partial charge < -0.3 is 10.1 Å². The van der Waals surface area contributed by atoms with Gasteiger partial charge in [-0.15, -0.1) is 0 Å². The molecule has 1 N–H and O–H groups in total. The Kier molecular flexibility index (Phi) is 4.60. The lowest BCUT2D eigenvalue weighted by Crippen LogP contribution is -2.39. The smallest absolute Gasteiger partial charge is 0.0561 e. The number of halogens is 1. The van der Waals surface area contributed by atoms with Crippen LogP contribution in [0.5, 0.6) is 0 Å². The van der Waals surface area contributed by atoms with Gasteiger partial charge in [-0.05, 0) is 44.4 Å². The number of ether oxygens (including phenoxy) is 1. The summed E-state index contributed by atoms with van der Waals surface area (Å²) >= 11 is 3.46. The van der Waals surface area contributed by atoms with Crippen LogP contribution in [0.4, 0.5) is 0 Å². The molecule has 2 rings (SSSR count). The Morgan fingerprint density at radius 2 is 2.06 bits per heavy atom. The fourth-order valence-corrected chi connectivity index (χ4v) is 2.61. The molecule has 1 aliphatic rings. The van der Waals surface area contributed by atoms with Gasteiger partial charge in [0, 0.05) is 23.2 Å². The van der Waals surface area contributed by atoms with Gasteiger partial charge in [0.1, 0.15) is 0 Å². The molecule has 17 heavy (non-hydrogen) atoms. The molecule has 1 aromatic carbocycles. The minimum Gasteiger partial charge on any atom is -0.378 e. The Morgan fingerprint density at radius 1 is 1.35 bits per heavy atom. The van der Waals surface area contributed by atoms with E-state index in [-0.39, 0.29) is 0 Å². The van der Waals surface area contributed by atoms with Crippen LogP contribution < -0.4 is 5.32 Å². The van der Waals surface area contributed by atoms with E-state index in [0.717, 1.165) is 23.9 Å². The summed E-state index contributed by atoms with van der Waals surface area (Å²) in [5.74, 6) is 0. The zero-order valence-corrected chi connectivity index (χ0v) is 12.0. The molecule has 1 saturated heterocycles. The molecule has 0 bridgehead atoms. The maximum absolute atomic E-state index is 5.56. The molecule has 0 aliphatic carbocycles. The number of rotatable bonds is 3. The standard InChI is InChI=1S/C14H20BrNO/c1-10-9-14(7-8-17-10)16-11(2)12-3-5-13(15)6-4-12/h3-6,10-11,14,16H,7-9H2,1-2H3/t10?,11-,14?/m0/s1. The van der Waals surface area contributed by atoms with Crippen LogP contribution in [0, 0.1) is 0 Å². The quantitative estimate of drug-likeness (QED) is 0.919. The molecule has 0 spiro atoms. The van der Waals surface area contributed by atoms with Crippen molar-refractivity contribution in [3.8, 4) is 0 Å². The van der Waals surface area contributed by atoms with E-state index < -0.39 is 0 Å². The summed E-state index contributed by atoms with van der Waals surface area (Å²) in [4.78, 5) is 0. The average molecular weight is 298 g/mol. The third kappa shape index (κ3) is 3.80. The van der Waals surface area contributed by atoms with Crippen molar-refractivity contribution in [1.82, 2.24) is 5.32 Å². The first kappa shape index (κ1) is 13.1. The van der Waals surface area contributed by atoms with Crippen LogP contribution in [0.15, 0.2) is 28.7 Å². The van der Waals surface area contributed by atoms with Gasteiger partial charge >= 0.3 is 0 Å². The Bertz CT molecular complexity index is 352. The van der Waals surface area contributed by atoms with Crippen molar-refractivity contribution in [1.29, 1.82) is 0 Å². The van der Waals surface area contributed by atoms with Crippen LogP contribution in [-0.4, -0.2) is 18.8 Å². The summed E-state index contributed by atoms with van der Waals surface area (Å²) < 4.78 is 6.70. The van der Waals surface area contributed by atoms with Crippen LogP contribution in [0.3, 0.4) is 0 Å². The summed E-state index contributed by atoms with van der Waals surface area (Å²) in [5.41, 5.74) is 1.34. The van der Waals surface area contributed by atoms with Gasteiger partial charge in [0.15, 0.2) is 0 Å². The van der Waals surface area contributed by atoms with Crippen LogP contribution >= 0.6 is 15.9 Å². The van der Waals surface area contributed by atoms with Crippen molar-refractivity contribution in [2.75, 3.05) is 6.61 Å². The third-order valence-electron chi connectivity index (χ3n) is 3.34. The van der Waals surface area contributed by atoms with E-state index in [9.17, 15) is 0 Å². The maximum atomic E-state index is 5.56. The van der Waals surface area contributed by atoms with Crippen molar-refractivity contribution in [2.24, 2.45) is 0 Å². The molecule has 1 heterocycles. The minimum absolute atomic E-state index is 0.387. The minimum atomic E-state index is 0.387. The molecule has 94 valence electrons. The first-order chi connectivity index (χ1) is 8.15. The maximum Gasteiger partial charge on any atom is 0.0561 e. The lowest BCUT2D eigenvalue weighted by molar-refractivity contribution is 0.0116. The van der Waals surface area contributed by atoms with E-state index in [0.29, 0.717) is 18.2 Å². The molecule has 2 unspecified atom stereocenters. The lowest BCUT2D eigenvalue weighted by Gasteiger charge is -2.30. The Labute approximate surface area is 112 Å². The molecule has 1 fully saturated rings. The molecule has 1 aromatic rings. The number of nitrogens with one attached hydrogen (secondary N) is 1. The van der Waals surface area contributed by atoms with E-state index in [1.165, 1.54) is 5.56 Å². The number of hydrogen-bond donors (Lipinski definition) is 1. The predicted octanol–water partition coefficient (Wildman–Crippen LogP) is 3.67. The highest BCUT2D eigenvalue weighted by atomic mass is 79.9. The molecular weight excluding hydrogens is 278 g/mol. The van der Waals surface area contributed by atoms with Crippen molar-refractivity contribution in [2.45, 2.75) is 44.9 Å². The van der Waals surface area contributed by atoms with Gasteiger partial charge in [0.2, 0.25) is 0 Å². The lowest BCUT2D eigenvalue weighted by atomic mass is 10.0. The van der Waals surface area contributed by atoms with Gasteiger partial charge in [-0.2, -0.15) is 0 Å². The molecule has 2 nitrogen and oxygen atoms in total. The molecular formula is C14H20BrNO. The zero-order chi connectivity index (χ0) is 12.3. The van der Waals surface area contributed by atoms with Crippen molar-refractivity contribution in [3.63, 3.8) is 0 Å². The normalized spacial score (nSPS) is 26.8. The fourth-order valence-electron chi connectivity index (χ4n) is 2.35. The molecule has 1 aliphatic heterocycles. The van der Waals surface area contributed by atoms with Gasteiger partial charge in [-0.3, -0.25) is 0 Å². The Morgan fingerprint density at radius 3 is 2.71 bits per heavy atom. The number of hydrogen-bond acceptors (Lipinski definition) is 2. The highest BCUT2D eigenvalue weighted by Crippen LogP contribution is 2.20. The molecule has 0 amide bonds. The monoisotopic (exact) mass is 297 g/mol. The zero-order valence-electron chi connectivity index (χ0n) is 10.4. The largest absolute Gasteiger partial charge is 0.378 e. The first-order valence-corrected chi connectivity index (χ1v) is 7.07. The SMILES string of the molecule is CC1CC(N[C@@H](C)c2ccc(Br)cc2)CCO1. The summed E-state index contributed by atoms with van der Waals surface area (Å²) in [5, 5.41) is 3.69. The van der Waals surface area contributed by atoms with E-state index in [1.54, 1.807) is 0 Å². The second-order valence-electron chi connectivity index (χ2n) is 4.84. The van der Waals surface area contributed by atoms with Crippen molar-refractivity contribution in [3.05, 3.63) is 34.3 Å². The third-order valence-corrected chi connectivity index (χ3v) is 3.87. The average Bonchev–Trinajstić information content (AvgIpc) is 2.29. The predicted molar refractivity (Wildman–Crippen MR) is 74.1 cm³/mol. The molecule has 3 atom stereocenters. The summed E-state index contributed by atoms with van der Waals surface area (Å²) in [6.45, 7) is 5.26. The van der Waals surface area contributed by atoms with Crippen LogP contribution in [0.2, 0.25) is 0 Å².